The molecule has 2 aliphatic rings. The maximum absolute atomic E-state index is 9.86. The summed E-state index contributed by atoms with van der Waals surface area (Å²) in [5.41, 5.74) is 3.16. The molecule has 0 spiro atoms. The molecule has 2 aromatic rings. The van der Waals surface area contributed by atoms with E-state index in [-0.39, 0.29) is 17.7 Å². The summed E-state index contributed by atoms with van der Waals surface area (Å²) in [7, 11) is 1.56. The van der Waals surface area contributed by atoms with E-state index in [1.807, 2.05) is 18.2 Å². The molecule has 0 saturated heterocycles. The highest BCUT2D eigenvalue weighted by molar-refractivity contribution is 6.35. The van der Waals surface area contributed by atoms with Crippen LogP contribution in [0.5, 0.6) is 11.5 Å². The Morgan fingerprint density at radius 1 is 1.21 bits per heavy atom. The minimum Gasteiger partial charge on any atom is -0.504 e. The Kier molecular flexibility index (Phi) is 3.86. The molecule has 0 aromatic heterocycles. The highest BCUT2D eigenvalue weighted by Gasteiger charge is 2.39. The number of rotatable bonds is 2. The molecule has 0 bridgehead atoms. The maximum atomic E-state index is 9.86. The van der Waals surface area contributed by atoms with Crippen LogP contribution in [0, 0.1) is 5.92 Å². The first-order valence-corrected chi connectivity index (χ1v) is 8.63. The molecular formula is C19H17Cl2NO2. The zero-order valence-corrected chi connectivity index (χ0v) is 14.6. The minimum absolute atomic E-state index is 0.0986. The van der Waals surface area contributed by atoms with Crippen molar-refractivity contribution in [3.63, 3.8) is 0 Å². The van der Waals surface area contributed by atoms with Crippen LogP contribution in [-0.2, 0) is 0 Å². The quantitative estimate of drug-likeness (QED) is 0.690. The standard InChI is InChI=1S/C19H17Cl2NO2/c1-24-17-7-10(5-6-16(17)23)19-13-4-2-3-12(13)18-14(21)8-11(20)9-15(18)22-19/h2-3,5-9,12-13,19,22-23H,4H2,1H3. The van der Waals surface area contributed by atoms with Gasteiger partial charge >= 0.3 is 0 Å². The third-order valence-corrected chi connectivity index (χ3v) is 5.47. The Labute approximate surface area is 150 Å². The largest absolute Gasteiger partial charge is 0.504 e. The second kappa shape index (κ2) is 5.91. The number of hydrogen-bond donors (Lipinski definition) is 2. The second-order valence-corrected chi connectivity index (χ2v) is 7.10. The van der Waals surface area contributed by atoms with Gasteiger partial charge in [-0.3, -0.25) is 0 Å². The van der Waals surface area contributed by atoms with E-state index in [0.717, 1.165) is 23.2 Å². The second-order valence-electron chi connectivity index (χ2n) is 6.26. The molecule has 0 radical (unpaired) electrons. The van der Waals surface area contributed by atoms with E-state index in [0.29, 0.717) is 21.7 Å². The Morgan fingerprint density at radius 3 is 2.83 bits per heavy atom. The number of fused-ring (bicyclic) bond motifs is 3. The number of anilines is 1. The lowest BCUT2D eigenvalue weighted by molar-refractivity contribution is 0.370. The highest BCUT2D eigenvalue weighted by Crippen LogP contribution is 2.52. The normalized spacial score (nSPS) is 24.2. The summed E-state index contributed by atoms with van der Waals surface area (Å²) in [5.74, 6) is 1.25. The monoisotopic (exact) mass is 361 g/mol. The van der Waals surface area contributed by atoms with Crippen molar-refractivity contribution in [2.45, 2.75) is 18.4 Å². The van der Waals surface area contributed by atoms with Crippen molar-refractivity contribution in [2.75, 3.05) is 12.4 Å². The minimum atomic E-state index is 0.0986. The Morgan fingerprint density at radius 2 is 2.04 bits per heavy atom. The van der Waals surface area contributed by atoms with Gasteiger partial charge in [-0.05, 0) is 42.2 Å². The van der Waals surface area contributed by atoms with Gasteiger partial charge in [0.1, 0.15) is 0 Å². The molecular weight excluding hydrogens is 345 g/mol. The van der Waals surface area contributed by atoms with Crippen molar-refractivity contribution in [3.05, 3.63) is 63.7 Å². The third kappa shape index (κ3) is 2.43. The smallest absolute Gasteiger partial charge is 0.160 e. The molecule has 2 N–H and O–H groups in total. The molecule has 1 aliphatic carbocycles. The van der Waals surface area contributed by atoms with Crippen molar-refractivity contribution in [1.82, 2.24) is 0 Å². The summed E-state index contributed by atoms with van der Waals surface area (Å²) in [5, 5.41) is 14.8. The van der Waals surface area contributed by atoms with Gasteiger partial charge in [0.05, 0.1) is 13.2 Å². The maximum Gasteiger partial charge on any atom is 0.160 e. The average molecular weight is 362 g/mol. The molecule has 3 atom stereocenters. The number of phenolic OH excluding ortho intramolecular Hbond substituents is 1. The van der Waals surface area contributed by atoms with Crippen molar-refractivity contribution >= 4 is 28.9 Å². The molecule has 24 heavy (non-hydrogen) atoms. The molecule has 2 aromatic carbocycles. The van der Waals surface area contributed by atoms with Crippen LogP contribution in [0.15, 0.2) is 42.5 Å². The lowest BCUT2D eigenvalue weighted by atomic mass is 9.77. The van der Waals surface area contributed by atoms with Gasteiger partial charge in [0.25, 0.3) is 0 Å². The fourth-order valence-corrected chi connectivity index (χ4v) is 4.48. The van der Waals surface area contributed by atoms with Crippen LogP contribution in [-0.4, -0.2) is 12.2 Å². The van der Waals surface area contributed by atoms with Gasteiger partial charge < -0.3 is 15.2 Å². The number of aromatic hydroxyl groups is 1. The fraction of sp³-hybridized carbons (Fsp3) is 0.263. The topological polar surface area (TPSA) is 41.5 Å². The Hall–Kier alpha value is -1.84. The molecule has 124 valence electrons. The van der Waals surface area contributed by atoms with Crippen LogP contribution < -0.4 is 10.1 Å². The molecule has 1 aliphatic heterocycles. The number of allylic oxidation sites excluding steroid dienone is 2. The molecule has 5 heteroatoms. The van der Waals surface area contributed by atoms with Gasteiger partial charge in [0.2, 0.25) is 0 Å². The number of benzene rings is 2. The molecule has 3 nitrogen and oxygen atoms in total. The molecule has 3 unspecified atom stereocenters. The van der Waals surface area contributed by atoms with E-state index in [2.05, 4.69) is 17.5 Å². The summed E-state index contributed by atoms with van der Waals surface area (Å²) in [4.78, 5) is 0. The van der Waals surface area contributed by atoms with Crippen LogP contribution in [0.4, 0.5) is 5.69 Å². The van der Waals surface area contributed by atoms with Gasteiger partial charge in [-0.15, -0.1) is 0 Å². The third-order valence-electron chi connectivity index (χ3n) is 4.94. The summed E-state index contributed by atoms with van der Waals surface area (Å²) in [6.45, 7) is 0. The van der Waals surface area contributed by atoms with Crippen molar-refractivity contribution in [2.24, 2.45) is 5.92 Å². The number of halogens is 2. The molecule has 0 fully saturated rings. The van der Waals surface area contributed by atoms with Crippen LogP contribution in [0.2, 0.25) is 10.0 Å². The van der Waals surface area contributed by atoms with Gasteiger partial charge in [-0.2, -0.15) is 0 Å². The van der Waals surface area contributed by atoms with Crippen LogP contribution in [0.3, 0.4) is 0 Å². The number of ether oxygens (including phenoxy) is 1. The molecule has 0 saturated carbocycles. The predicted molar refractivity (Wildman–Crippen MR) is 97.5 cm³/mol. The first-order valence-electron chi connectivity index (χ1n) is 7.87. The van der Waals surface area contributed by atoms with Crippen LogP contribution in [0.1, 0.15) is 29.5 Å². The lowest BCUT2D eigenvalue weighted by Crippen LogP contribution is -2.29. The number of methoxy groups -OCH3 is 1. The van der Waals surface area contributed by atoms with Crippen LogP contribution >= 0.6 is 23.2 Å². The van der Waals surface area contributed by atoms with E-state index in [4.69, 9.17) is 27.9 Å². The summed E-state index contributed by atoms with van der Waals surface area (Å²) >= 11 is 12.7. The molecule has 1 heterocycles. The number of hydrogen-bond acceptors (Lipinski definition) is 3. The SMILES string of the molecule is COc1cc(C2Nc3cc(Cl)cc(Cl)c3C3C=CCC32)ccc1O. The van der Waals surface area contributed by atoms with E-state index in [1.165, 1.54) is 0 Å². The number of phenols is 1. The summed E-state index contributed by atoms with van der Waals surface area (Å²) in [6, 6.07) is 9.32. The first-order chi connectivity index (χ1) is 11.6. The van der Waals surface area contributed by atoms with Crippen LogP contribution in [0.25, 0.3) is 0 Å². The van der Waals surface area contributed by atoms with E-state index < -0.39 is 0 Å². The summed E-state index contributed by atoms with van der Waals surface area (Å²) < 4.78 is 5.26. The Balaban J connectivity index is 1.81. The van der Waals surface area contributed by atoms with E-state index >= 15 is 0 Å². The van der Waals surface area contributed by atoms with E-state index in [1.54, 1.807) is 19.2 Å². The molecule has 0 amide bonds. The van der Waals surface area contributed by atoms with Crippen molar-refractivity contribution in [1.29, 1.82) is 0 Å². The first kappa shape index (κ1) is 15.7. The Bertz CT molecular complexity index is 834. The average Bonchev–Trinajstić information content (AvgIpc) is 3.03. The highest BCUT2D eigenvalue weighted by atomic mass is 35.5. The molecule has 4 rings (SSSR count). The summed E-state index contributed by atoms with van der Waals surface area (Å²) in [6.07, 6.45) is 5.42. The predicted octanol–water partition coefficient (Wildman–Crippen LogP) is 5.53. The van der Waals surface area contributed by atoms with E-state index in [9.17, 15) is 5.11 Å². The fourth-order valence-electron chi connectivity index (χ4n) is 3.86. The van der Waals surface area contributed by atoms with Gasteiger partial charge in [0, 0.05) is 27.2 Å². The van der Waals surface area contributed by atoms with Gasteiger partial charge in [-0.1, -0.05) is 41.4 Å². The lowest BCUT2D eigenvalue weighted by Gasteiger charge is -2.38. The number of nitrogens with one attached hydrogen (secondary N) is 1. The van der Waals surface area contributed by atoms with Crippen molar-refractivity contribution < 1.29 is 9.84 Å². The van der Waals surface area contributed by atoms with Gasteiger partial charge in [-0.25, -0.2) is 0 Å². The van der Waals surface area contributed by atoms with Crippen molar-refractivity contribution in [3.8, 4) is 11.5 Å². The zero-order valence-electron chi connectivity index (χ0n) is 13.1. The zero-order chi connectivity index (χ0) is 16.8. The van der Waals surface area contributed by atoms with Gasteiger partial charge in [0.15, 0.2) is 11.5 Å².